The lowest BCUT2D eigenvalue weighted by atomic mass is 10.1. The van der Waals surface area contributed by atoms with Crippen molar-refractivity contribution < 1.29 is 4.74 Å². The largest absolute Gasteiger partial charge is 0.493 e. The summed E-state index contributed by atoms with van der Waals surface area (Å²) in [7, 11) is 0. The molecule has 0 saturated heterocycles. The number of fused-ring (bicyclic) bond motifs is 2. The van der Waals surface area contributed by atoms with Crippen LogP contribution in [-0.4, -0.2) is 6.61 Å². The Hall–Kier alpha value is -1.67. The van der Waals surface area contributed by atoms with E-state index in [1.165, 1.54) is 41.6 Å². The molecule has 0 atom stereocenters. The van der Waals surface area contributed by atoms with E-state index >= 15 is 0 Å². The fourth-order valence-electron chi connectivity index (χ4n) is 3.36. The smallest absolute Gasteiger partial charge is 0.127 e. The molecule has 1 aliphatic heterocycles. The van der Waals surface area contributed by atoms with Gasteiger partial charge in [0, 0.05) is 29.2 Å². The van der Waals surface area contributed by atoms with Crippen LogP contribution in [0.5, 0.6) is 5.75 Å². The lowest BCUT2D eigenvalue weighted by Crippen LogP contribution is -2.02. The van der Waals surface area contributed by atoms with E-state index < -0.39 is 0 Å². The van der Waals surface area contributed by atoms with Crippen molar-refractivity contribution in [2.75, 3.05) is 11.9 Å². The maximum absolute atomic E-state index is 6.20. The number of hydrogen-bond donors (Lipinski definition) is 1. The topological polar surface area (TPSA) is 21.3 Å². The second-order valence-electron chi connectivity index (χ2n) is 5.84. The SMILES string of the molecule is Clc1cc2c(c(CNc3ccc4c(c3)CCC4)c1)OCC2. The molecule has 0 bridgehead atoms. The molecule has 0 unspecified atom stereocenters. The molecule has 3 heteroatoms. The number of benzene rings is 2. The van der Waals surface area contributed by atoms with Gasteiger partial charge >= 0.3 is 0 Å². The Kier molecular flexibility index (Phi) is 3.27. The minimum Gasteiger partial charge on any atom is -0.493 e. The Labute approximate surface area is 130 Å². The van der Waals surface area contributed by atoms with E-state index in [-0.39, 0.29) is 0 Å². The summed E-state index contributed by atoms with van der Waals surface area (Å²) in [4.78, 5) is 0. The fourth-order valence-corrected chi connectivity index (χ4v) is 3.62. The molecule has 21 heavy (non-hydrogen) atoms. The van der Waals surface area contributed by atoms with Gasteiger partial charge in [-0.1, -0.05) is 17.7 Å². The summed E-state index contributed by atoms with van der Waals surface area (Å²) in [5.41, 5.74) is 6.56. The van der Waals surface area contributed by atoms with Crippen molar-refractivity contribution in [3.05, 3.63) is 57.6 Å². The van der Waals surface area contributed by atoms with Gasteiger partial charge in [-0.2, -0.15) is 0 Å². The molecule has 0 aromatic heterocycles. The molecule has 1 N–H and O–H groups in total. The highest BCUT2D eigenvalue weighted by atomic mass is 35.5. The first-order valence-electron chi connectivity index (χ1n) is 7.59. The van der Waals surface area contributed by atoms with Crippen LogP contribution < -0.4 is 10.1 Å². The van der Waals surface area contributed by atoms with Crippen LogP contribution in [0.4, 0.5) is 5.69 Å². The number of nitrogens with one attached hydrogen (secondary N) is 1. The van der Waals surface area contributed by atoms with Gasteiger partial charge in [0.15, 0.2) is 0 Å². The fraction of sp³-hybridized carbons (Fsp3) is 0.333. The predicted octanol–water partition coefficient (Wildman–Crippen LogP) is 4.38. The lowest BCUT2D eigenvalue weighted by Gasteiger charge is -2.12. The standard InChI is InChI=1S/C18H18ClNO/c19-16-8-14-6-7-21-18(14)15(9-16)11-20-17-5-4-12-2-1-3-13(12)10-17/h4-5,8-10,20H,1-3,6-7,11H2. The zero-order valence-corrected chi connectivity index (χ0v) is 12.7. The molecule has 2 aliphatic rings. The van der Waals surface area contributed by atoms with Crippen molar-refractivity contribution >= 4 is 17.3 Å². The molecule has 4 rings (SSSR count). The number of hydrogen-bond acceptors (Lipinski definition) is 2. The van der Waals surface area contributed by atoms with Crippen LogP contribution in [0, 0.1) is 0 Å². The van der Waals surface area contributed by atoms with Crippen molar-refractivity contribution in [2.24, 2.45) is 0 Å². The Morgan fingerprint density at radius 2 is 1.90 bits per heavy atom. The molecule has 0 radical (unpaired) electrons. The van der Waals surface area contributed by atoms with Crippen molar-refractivity contribution in [1.82, 2.24) is 0 Å². The van der Waals surface area contributed by atoms with Crippen LogP contribution >= 0.6 is 11.6 Å². The minimum absolute atomic E-state index is 0.752. The summed E-state index contributed by atoms with van der Waals surface area (Å²) in [6.45, 7) is 1.52. The third kappa shape index (κ3) is 2.49. The molecule has 1 heterocycles. The van der Waals surface area contributed by atoms with Gasteiger partial charge < -0.3 is 10.1 Å². The first-order chi connectivity index (χ1) is 10.3. The molecule has 0 spiro atoms. The van der Waals surface area contributed by atoms with Crippen molar-refractivity contribution in [3.63, 3.8) is 0 Å². The third-order valence-corrected chi connectivity index (χ3v) is 4.63. The zero-order valence-electron chi connectivity index (χ0n) is 11.9. The summed E-state index contributed by atoms with van der Waals surface area (Å²) >= 11 is 6.20. The number of anilines is 1. The quantitative estimate of drug-likeness (QED) is 0.908. The first-order valence-corrected chi connectivity index (χ1v) is 7.97. The maximum Gasteiger partial charge on any atom is 0.127 e. The van der Waals surface area contributed by atoms with Crippen molar-refractivity contribution in [2.45, 2.75) is 32.2 Å². The summed E-state index contributed by atoms with van der Waals surface area (Å²) in [6.07, 6.45) is 4.68. The van der Waals surface area contributed by atoms with Crippen LogP contribution in [0.2, 0.25) is 5.02 Å². The Morgan fingerprint density at radius 3 is 2.86 bits per heavy atom. The van der Waals surface area contributed by atoms with Gasteiger partial charge in [-0.3, -0.25) is 0 Å². The highest BCUT2D eigenvalue weighted by Gasteiger charge is 2.17. The van der Waals surface area contributed by atoms with E-state index in [4.69, 9.17) is 16.3 Å². The van der Waals surface area contributed by atoms with Crippen LogP contribution in [0.1, 0.15) is 28.7 Å². The van der Waals surface area contributed by atoms with Crippen molar-refractivity contribution in [1.29, 1.82) is 0 Å². The third-order valence-electron chi connectivity index (χ3n) is 4.41. The van der Waals surface area contributed by atoms with Gasteiger partial charge in [0.2, 0.25) is 0 Å². The second-order valence-corrected chi connectivity index (χ2v) is 6.28. The average Bonchev–Trinajstić information content (AvgIpc) is 3.12. The van der Waals surface area contributed by atoms with E-state index in [9.17, 15) is 0 Å². The number of halogens is 1. The number of ether oxygens (including phenoxy) is 1. The van der Waals surface area contributed by atoms with Gasteiger partial charge in [-0.15, -0.1) is 0 Å². The van der Waals surface area contributed by atoms with E-state index in [0.29, 0.717) is 0 Å². The normalized spacial score (nSPS) is 15.5. The molecule has 108 valence electrons. The van der Waals surface area contributed by atoms with E-state index in [1.54, 1.807) is 0 Å². The molecular formula is C18H18ClNO. The summed E-state index contributed by atoms with van der Waals surface area (Å²) in [6, 6.07) is 10.7. The van der Waals surface area contributed by atoms with Gasteiger partial charge in [0.05, 0.1) is 6.61 Å². The number of aryl methyl sites for hydroxylation is 2. The zero-order chi connectivity index (χ0) is 14.2. The summed E-state index contributed by atoms with van der Waals surface area (Å²) in [5.74, 6) is 1.02. The maximum atomic E-state index is 6.20. The molecule has 0 amide bonds. The highest BCUT2D eigenvalue weighted by molar-refractivity contribution is 6.30. The van der Waals surface area contributed by atoms with Gasteiger partial charge in [0.25, 0.3) is 0 Å². The summed E-state index contributed by atoms with van der Waals surface area (Å²) < 4.78 is 5.75. The molecule has 0 fully saturated rings. The first kappa shape index (κ1) is 13.0. The molecular weight excluding hydrogens is 282 g/mol. The number of rotatable bonds is 3. The Morgan fingerprint density at radius 1 is 1.00 bits per heavy atom. The van der Waals surface area contributed by atoms with Crippen LogP contribution in [0.15, 0.2) is 30.3 Å². The molecule has 2 aromatic rings. The predicted molar refractivity (Wildman–Crippen MR) is 86.4 cm³/mol. The van der Waals surface area contributed by atoms with Gasteiger partial charge in [0.1, 0.15) is 5.75 Å². The minimum atomic E-state index is 0.752. The van der Waals surface area contributed by atoms with E-state index in [0.717, 1.165) is 35.9 Å². The van der Waals surface area contributed by atoms with Crippen molar-refractivity contribution in [3.8, 4) is 5.75 Å². The lowest BCUT2D eigenvalue weighted by molar-refractivity contribution is 0.354. The highest BCUT2D eigenvalue weighted by Crippen LogP contribution is 2.33. The second kappa shape index (κ2) is 5.27. The van der Waals surface area contributed by atoms with E-state index in [2.05, 4.69) is 23.5 Å². The Bertz CT molecular complexity index is 696. The summed E-state index contributed by atoms with van der Waals surface area (Å²) in [5, 5.41) is 4.31. The average molecular weight is 300 g/mol. The Balaban J connectivity index is 1.55. The van der Waals surface area contributed by atoms with Gasteiger partial charge in [-0.05, 0) is 60.2 Å². The van der Waals surface area contributed by atoms with E-state index in [1.807, 2.05) is 12.1 Å². The molecule has 0 saturated carbocycles. The van der Waals surface area contributed by atoms with Crippen LogP contribution in [0.3, 0.4) is 0 Å². The molecule has 2 nitrogen and oxygen atoms in total. The van der Waals surface area contributed by atoms with Crippen LogP contribution in [0.25, 0.3) is 0 Å². The molecule has 1 aliphatic carbocycles. The monoisotopic (exact) mass is 299 g/mol. The molecule has 2 aromatic carbocycles. The van der Waals surface area contributed by atoms with Gasteiger partial charge in [-0.25, -0.2) is 0 Å². The van der Waals surface area contributed by atoms with Crippen LogP contribution in [-0.2, 0) is 25.8 Å².